The molecule has 20 heavy (non-hydrogen) atoms. The SMILES string of the molecule is NC1CC(Nc2cc(F)c(F)cc2F)c2ccccc21. The predicted molar refractivity (Wildman–Crippen MR) is 70.7 cm³/mol. The predicted octanol–water partition coefficient (Wildman–Crippen LogP) is 3.66. The van der Waals surface area contributed by atoms with Gasteiger partial charge in [0.2, 0.25) is 0 Å². The summed E-state index contributed by atoms with van der Waals surface area (Å²) in [6, 6.07) is 8.60. The Balaban J connectivity index is 1.92. The zero-order valence-corrected chi connectivity index (χ0v) is 10.5. The standard InChI is InChI=1S/C15H13F3N2/c16-10-5-12(18)15(6-11(10)17)20-14-7-13(19)8-3-1-2-4-9(8)14/h1-6,13-14,20H,7,19H2. The normalized spacial score (nSPS) is 20.8. The Morgan fingerprint density at radius 2 is 1.60 bits per heavy atom. The van der Waals surface area contributed by atoms with Crippen LogP contribution in [0.3, 0.4) is 0 Å². The lowest BCUT2D eigenvalue weighted by Crippen LogP contribution is -2.11. The summed E-state index contributed by atoms with van der Waals surface area (Å²) < 4.78 is 39.8. The van der Waals surface area contributed by atoms with Crippen molar-refractivity contribution in [2.45, 2.75) is 18.5 Å². The molecule has 0 amide bonds. The molecule has 0 aromatic heterocycles. The highest BCUT2D eigenvalue weighted by Gasteiger charge is 2.28. The molecule has 0 radical (unpaired) electrons. The first-order valence-corrected chi connectivity index (χ1v) is 6.31. The lowest BCUT2D eigenvalue weighted by Gasteiger charge is -2.16. The van der Waals surface area contributed by atoms with Gasteiger partial charge in [0, 0.05) is 18.2 Å². The van der Waals surface area contributed by atoms with E-state index in [0.717, 1.165) is 17.2 Å². The smallest absolute Gasteiger partial charge is 0.161 e. The summed E-state index contributed by atoms with van der Waals surface area (Å²) in [5.41, 5.74) is 7.91. The Morgan fingerprint density at radius 1 is 0.950 bits per heavy atom. The summed E-state index contributed by atoms with van der Waals surface area (Å²) >= 11 is 0. The van der Waals surface area contributed by atoms with Gasteiger partial charge >= 0.3 is 0 Å². The third kappa shape index (κ3) is 2.14. The van der Waals surface area contributed by atoms with E-state index in [2.05, 4.69) is 5.32 Å². The Hall–Kier alpha value is -2.01. The molecule has 3 N–H and O–H groups in total. The van der Waals surface area contributed by atoms with Gasteiger partial charge in [-0.15, -0.1) is 0 Å². The molecule has 2 aromatic rings. The molecule has 0 fully saturated rings. The number of nitrogens with one attached hydrogen (secondary N) is 1. The second-order valence-electron chi connectivity index (χ2n) is 4.91. The van der Waals surface area contributed by atoms with Crippen molar-refractivity contribution < 1.29 is 13.2 Å². The molecule has 2 nitrogen and oxygen atoms in total. The number of anilines is 1. The number of hydrogen-bond donors (Lipinski definition) is 2. The largest absolute Gasteiger partial charge is 0.376 e. The molecule has 2 atom stereocenters. The fourth-order valence-electron chi connectivity index (χ4n) is 2.63. The molecule has 0 saturated carbocycles. The van der Waals surface area contributed by atoms with Gasteiger partial charge in [-0.2, -0.15) is 0 Å². The van der Waals surface area contributed by atoms with Crippen LogP contribution in [0.25, 0.3) is 0 Å². The van der Waals surface area contributed by atoms with Crippen molar-refractivity contribution in [1.29, 1.82) is 0 Å². The van der Waals surface area contributed by atoms with Gasteiger partial charge in [0.25, 0.3) is 0 Å². The van der Waals surface area contributed by atoms with Gasteiger partial charge in [-0.1, -0.05) is 24.3 Å². The quantitative estimate of drug-likeness (QED) is 0.823. The molecule has 0 aliphatic heterocycles. The molecule has 0 heterocycles. The van der Waals surface area contributed by atoms with E-state index in [-0.39, 0.29) is 17.8 Å². The average Bonchev–Trinajstić information content (AvgIpc) is 2.74. The minimum Gasteiger partial charge on any atom is -0.376 e. The van der Waals surface area contributed by atoms with Gasteiger partial charge < -0.3 is 11.1 Å². The van der Waals surface area contributed by atoms with E-state index in [9.17, 15) is 13.2 Å². The van der Waals surface area contributed by atoms with Crippen LogP contribution >= 0.6 is 0 Å². The van der Waals surface area contributed by atoms with Crippen LogP contribution in [0.2, 0.25) is 0 Å². The van der Waals surface area contributed by atoms with E-state index >= 15 is 0 Å². The van der Waals surface area contributed by atoms with E-state index in [0.29, 0.717) is 12.5 Å². The van der Waals surface area contributed by atoms with Crippen LogP contribution in [0.1, 0.15) is 29.6 Å². The van der Waals surface area contributed by atoms with E-state index < -0.39 is 17.5 Å². The van der Waals surface area contributed by atoms with Crippen LogP contribution in [0, 0.1) is 17.5 Å². The third-order valence-electron chi connectivity index (χ3n) is 3.60. The molecule has 2 aromatic carbocycles. The lowest BCUT2D eigenvalue weighted by atomic mass is 10.1. The summed E-state index contributed by atoms with van der Waals surface area (Å²) in [7, 11) is 0. The summed E-state index contributed by atoms with van der Waals surface area (Å²) in [4.78, 5) is 0. The van der Waals surface area contributed by atoms with Crippen LogP contribution in [0.5, 0.6) is 0 Å². The first-order valence-electron chi connectivity index (χ1n) is 6.31. The van der Waals surface area contributed by atoms with Gasteiger partial charge in [-0.05, 0) is 17.5 Å². The van der Waals surface area contributed by atoms with E-state index in [1.165, 1.54) is 0 Å². The van der Waals surface area contributed by atoms with Crippen molar-refractivity contribution in [3.8, 4) is 0 Å². The monoisotopic (exact) mass is 278 g/mol. The van der Waals surface area contributed by atoms with Crippen LogP contribution < -0.4 is 11.1 Å². The van der Waals surface area contributed by atoms with Crippen LogP contribution in [-0.2, 0) is 0 Å². The highest BCUT2D eigenvalue weighted by atomic mass is 19.2. The molecule has 0 spiro atoms. The van der Waals surface area contributed by atoms with Crippen LogP contribution in [0.4, 0.5) is 18.9 Å². The van der Waals surface area contributed by atoms with Gasteiger partial charge in [0.1, 0.15) is 5.82 Å². The number of benzene rings is 2. The minimum atomic E-state index is -1.20. The fraction of sp³-hybridized carbons (Fsp3) is 0.200. The fourth-order valence-corrected chi connectivity index (χ4v) is 2.63. The van der Waals surface area contributed by atoms with Crippen molar-refractivity contribution in [2.75, 3.05) is 5.32 Å². The third-order valence-corrected chi connectivity index (χ3v) is 3.60. The average molecular weight is 278 g/mol. The first-order chi connectivity index (χ1) is 9.56. The van der Waals surface area contributed by atoms with Crippen molar-refractivity contribution in [3.05, 3.63) is 65.0 Å². The summed E-state index contributed by atoms with van der Waals surface area (Å²) in [6.07, 6.45) is 0.581. The van der Waals surface area contributed by atoms with E-state index in [4.69, 9.17) is 5.73 Å². The molecule has 1 aliphatic carbocycles. The van der Waals surface area contributed by atoms with E-state index in [1.54, 1.807) is 0 Å². The van der Waals surface area contributed by atoms with Crippen LogP contribution in [0.15, 0.2) is 36.4 Å². The van der Waals surface area contributed by atoms with Gasteiger partial charge in [-0.25, -0.2) is 13.2 Å². The number of halogens is 3. The van der Waals surface area contributed by atoms with E-state index in [1.807, 2.05) is 24.3 Å². The maximum absolute atomic E-state index is 13.7. The molecule has 1 aliphatic rings. The topological polar surface area (TPSA) is 38.0 Å². The molecule has 3 rings (SSSR count). The number of rotatable bonds is 2. The molecule has 0 saturated heterocycles. The number of nitrogens with two attached hydrogens (primary N) is 1. The molecule has 104 valence electrons. The second kappa shape index (κ2) is 4.83. The molecular formula is C15H13F3N2. The Bertz CT molecular complexity index is 658. The minimum absolute atomic E-state index is 0.0576. The number of fused-ring (bicyclic) bond motifs is 1. The maximum Gasteiger partial charge on any atom is 0.161 e. The Kier molecular flexibility index (Phi) is 3.14. The Morgan fingerprint density at radius 3 is 2.35 bits per heavy atom. The van der Waals surface area contributed by atoms with Crippen molar-refractivity contribution >= 4 is 5.69 Å². The summed E-state index contributed by atoms with van der Waals surface area (Å²) in [6.45, 7) is 0. The highest BCUT2D eigenvalue weighted by Crippen LogP contribution is 2.39. The van der Waals surface area contributed by atoms with Crippen molar-refractivity contribution in [3.63, 3.8) is 0 Å². The Labute approximate surface area is 114 Å². The molecule has 0 bridgehead atoms. The molecule has 2 unspecified atom stereocenters. The van der Waals surface area contributed by atoms with Crippen molar-refractivity contribution in [1.82, 2.24) is 0 Å². The molecule has 5 heteroatoms. The number of hydrogen-bond acceptors (Lipinski definition) is 2. The maximum atomic E-state index is 13.7. The van der Waals surface area contributed by atoms with Gasteiger partial charge in [0.15, 0.2) is 11.6 Å². The second-order valence-corrected chi connectivity index (χ2v) is 4.91. The zero-order chi connectivity index (χ0) is 14.3. The van der Waals surface area contributed by atoms with Gasteiger partial charge in [-0.3, -0.25) is 0 Å². The van der Waals surface area contributed by atoms with Gasteiger partial charge in [0.05, 0.1) is 11.7 Å². The first kappa shape index (κ1) is 13.0. The zero-order valence-electron chi connectivity index (χ0n) is 10.5. The summed E-state index contributed by atoms with van der Waals surface area (Å²) in [5.74, 6) is -3.09. The highest BCUT2D eigenvalue weighted by molar-refractivity contribution is 5.50. The molecular weight excluding hydrogens is 265 g/mol. The lowest BCUT2D eigenvalue weighted by molar-refractivity contribution is 0.495. The summed E-state index contributed by atoms with van der Waals surface area (Å²) in [5, 5.41) is 2.90. The van der Waals surface area contributed by atoms with Crippen LogP contribution in [-0.4, -0.2) is 0 Å². The van der Waals surface area contributed by atoms with Crippen molar-refractivity contribution in [2.24, 2.45) is 5.73 Å².